The number of hydrogen-bond acceptors (Lipinski definition) is 3. The second kappa shape index (κ2) is 7.49. The second-order valence-electron chi connectivity index (χ2n) is 6.89. The van der Waals surface area contributed by atoms with E-state index in [-0.39, 0.29) is 12.3 Å². The minimum absolute atomic E-state index is 0.110. The van der Waals surface area contributed by atoms with Gasteiger partial charge >= 0.3 is 0 Å². The van der Waals surface area contributed by atoms with Crippen molar-refractivity contribution in [3.8, 4) is 0 Å². The summed E-state index contributed by atoms with van der Waals surface area (Å²) >= 11 is 0. The Labute approximate surface area is 143 Å². The smallest absolute Gasteiger partial charge is 0.150 e. The van der Waals surface area contributed by atoms with Crippen LogP contribution in [-0.2, 0) is 16.1 Å². The van der Waals surface area contributed by atoms with Crippen LogP contribution in [0.1, 0.15) is 61.9 Å². The van der Waals surface area contributed by atoms with E-state index in [1.165, 1.54) is 36.9 Å². The number of aromatic nitrogens is 2. The molecular formula is C20H26N2O2. The van der Waals surface area contributed by atoms with Crippen LogP contribution in [0, 0.1) is 0 Å². The third kappa shape index (κ3) is 3.40. The van der Waals surface area contributed by atoms with Crippen LogP contribution in [0.15, 0.2) is 42.6 Å². The summed E-state index contributed by atoms with van der Waals surface area (Å²) in [6.07, 6.45) is 9.30. The Morgan fingerprint density at radius 3 is 2.79 bits per heavy atom. The van der Waals surface area contributed by atoms with Gasteiger partial charge in [-0.25, -0.2) is 4.68 Å². The van der Waals surface area contributed by atoms with Crippen molar-refractivity contribution in [3.05, 3.63) is 53.9 Å². The van der Waals surface area contributed by atoms with Gasteiger partial charge in [-0.2, -0.15) is 5.10 Å². The minimum atomic E-state index is 0.110. The number of ether oxygens (including phenoxy) is 2. The van der Waals surface area contributed by atoms with Gasteiger partial charge in [0.25, 0.3) is 0 Å². The molecule has 1 aliphatic carbocycles. The first-order valence-corrected chi connectivity index (χ1v) is 9.22. The molecule has 2 fully saturated rings. The van der Waals surface area contributed by atoms with Crippen LogP contribution in [0.3, 0.4) is 0 Å². The summed E-state index contributed by atoms with van der Waals surface area (Å²) in [5, 5.41) is 4.57. The fourth-order valence-electron chi connectivity index (χ4n) is 4.02. The first-order chi connectivity index (χ1) is 11.9. The average molecular weight is 326 g/mol. The highest BCUT2D eigenvalue weighted by molar-refractivity contribution is 5.15. The highest BCUT2D eigenvalue weighted by Gasteiger charge is 2.33. The summed E-state index contributed by atoms with van der Waals surface area (Å²) in [4.78, 5) is 0. The van der Waals surface area contributed by atoms with E-state index in [4.69, 9.17) is 9.47 Å². The molecule has 4 rings (SSSR count). The first-order valence-electron chi connectivity index (χ1n) is 9.22. The standard InChI is InChI=1S/C20H26N2O2/c1-2-7-16(8-3-1)15-24-19-10-6-9-17(19)18-12-13-21-22(18)20-11-4-5-14-23-20/h1-3,7-8,12-13,17,19-20H,4-6,9-11,14-15H2/t17-,19+,20?/m1/s1. The molecule has 2 aliphatic rings. The fraction of sp³-hybridized carbons (Fsp3) is 0.550. The lowest BCUT2D eigenvalue weighted by Crippen LogP contribution is -2.25. The molecule has 1 aromatic heterocycles. The Morgan fingerprint density at radius 1 is 1.04 bits per heavy atom. The van der Waals surface area contributed by atoms with Gasteiger partial charge in [-0.1, -0.05) is 36.8 Å². The molecule has 0 spiro atoms. The van der Waals surface area contributed by atoms with Crippen molar-refractivity contribution in [2.45, 2.75) is 63.4 Å². The molecule has 128 valence electrons. The summed E-state index contributed by atoms with van der Waals surface area (Å²) in [7, 11) is 0. The maximum atomic E-state index is 6.29. The van der Waals surface area contributed by atoms with Crippen molar-refractivity contribution >= 4 is 0 Å². The molecule has 0 bridgehead atoms. The molecular weight excluding hydrogens is 300 g/mol. The van der Waals surface area contributed by atoms with Gasteiger partial charge in [0.05, 0.1) is 12.7 Å². The molecule has 2 aromatic rings. The lowest BCUT2D eigenvalue weighted by molar-refractivity contribution is -0.0437. The van der Waals surface area contributed by atoms with Crippen LogP contribution in [0.25, 0.3) is 0 Å². The summed E-state index contributed by atoms with van der Waals surface area (Å²) in [6, 6.07) is 12.6. The number of benzene rings is 1. The Kier molecular flexibility index (Phi) is 4.95. The third-order valence-electron chi connectivity index (χ3n) is 5.27. The Balaban J connectivity index is 1.46. The summed E-state index contributed by atoms with van der Waals surface area (Å²) in [5.41, 5.74) is 2.53. The Morgan fingerprint density at radius 2 is 1.96 bits per heavy atom. The normalized spacial score (nSPS) is 27.4. The monoisotopic (exact) mass is 326 g/mol. The van der Waals surface area contributed by atoms with Gasteiger partial charge in [0, 0.05) is 24.4 Å². The van der Waals surface area contributed by atoms with Gasteiger partial charge in [0.1, 0.15) is 6.23 Å². The van der Waals surface area contributed by atoms with Crippen LogP contribution >= 0.6 is 0 Å². The highest BCUT2D eigenvalue weighted by Crippen LogP contribution is 2.38. The molecule has 1 aliphatic heterocycles. The zero-order valence-electron chi connectivity index (χ0n) is 14.1. The van der Waals surface area contributed by atoms with Gasteiger partial charge in [-0.3, -0.25) is 0 Å². The van der Waals surface area contributed by atoms with E-state index in [1.807, 2.05) is 12.3 Å². The average Bonchev–Trinajstić information content (AvgIpc) is 3.30. The summed E-state index contributed by atoms with van der Waals surface area (Å²) in [6.45, 7) is 1.54. The van der Waals surface area contributed by atoms with Gasteiger partial charge in [0.2, 0.25) is 0 Å². The largest absolute Gasteiger partial charge is 0.373 e. The zero-order valence-corrected chi connectivity index (χ0v) is 14.1. The van der Waals surface area contributed by atoms with Crippen molar-refractivity contribution in [2.75, 3.05) is 6.61 Å². The zero-order chi connectivity index (χ0) is 16.2. The number of hydrogen-bond donors (Lipinski definition) is 0. The van der Waals surface area contributed by atoms with E-state index in [0.717, 1.165) is 19.4 Å². The van der Waals surface area contributed by atoms with Crippen molar-refractivity contribution in [1.29, 1.82) is 0 Å². The summed E-state index contributed by atoms with van der Waals surface area (Å²) < 4.78 is 14.4. The van der Waals surface area contributed by atoms with Crippen LogP contribution in [0.4, 0.5) is 0 Å². The minimum Gasteiger partial charge on any atom is -0.373 e. The van der Waals surface area contributed by atoms with E-state index >= 15 is 0 Å². The van der Waals surface area contributed by atoms with E-state index in [9.17, 15) is 0 Å². The molecule has 24 heavy (non-hydrogen) atoms. The molecule has 3 atom stereocenters. The molecule has 1 saturated carbocycles. The maximum absolute atomic E-state index is 6.29. The van der Waals surface area contributed by atoms with Gasteiger partial charge in [-0.15, -0.1) is 0 Å². The Bertz CT molecular complexity index is 634. The Hall–Kier alpha value is -1.65. The quantitative estimate of drug-likeness (QED) is 0.815. The molecule has 1 saturated heterocycles. The molecule has 1 aromatic carbocycles. The van der Waals surface area contributed by atoms with Gasteiger partial charge in [-0.05, 0) is 43.7 Å². The van der Waals surface area contributed by atoms with Crippen molar-refractivity contribution < 1.29 is 9.47 Å². The van der Waals surface area contributed by atoms with E-state index < -0.39 is 0 Å². The topological polar surface area (TPSA) is 36.3 Å². The van der Waals surface area contributed by atoms with Crippen molar-refractivity contribution in [1.82, 2.24) is 9.78 Å². The van der Waals surface area contributed by atoms with Crippen LogP contribution in [0.2, 0.25) is 0 Å². The van der Waals surface area contributed by atoms with Crippen molar-refractivity contribution in [3.63, 3.8) is 0 Å². The number of nitrogens with zero attached hydrogens (tertiary/aromatic N) is 2. The third-order valence-corrected chi connectivity index (χ3v) is 5.27. The molecule has 0 radical (unpaired) electrons. The molecule has 1 unspecified atom stereocenters. The van der Waals surface area contributed by atoms with Crippen LogP contribution < -0.4 is 0 Å². The SMILES string of the molecule is c1ccc(CO[C@H]2CCC[C@@H]2c2ccnn2C2CCCCO2)cc1. The van der Waals surface area contributed by atoms with E-state index in [1.54, 1.807) is 0 Å². The predicted molar refractivity (Wildman–Crippen MR) is 92.7 cm³/mol. The molecule has 4 heteroatoms. The highest BCUT2D eigenvalue weighted by atomic mass is 16.5. The van der Waals surface area contributed by atoms with Crippen LogP contribution in [0.5, 0.6) is 0 Å². The fourth-order valence-corrected chi connectivity index (χ4v) is 4.02. The molecule has 0 N–H and O–H groups in total. The number of rotatable bonds is 5. The lowest BCUT2D eigenvalue weighted by Gasteiger charge is -2.28. The van der Waals surface area contributed by atoms with E-state index in [2.05, 4.69) is 40.1 Å². The van der Waals surface area contributed by atoms with Gasteiger partial charge < -0.3 is 9.47 Å². The maximum Gasteiger partial charge on any atom is 0.150 e. The molecule has 4 nitrogen and oxygen atoms in total. The van der Waals surface area contributed by atoms with Gasteiger partial charge in [0.15, 0.2) is 0 Å². The lowest BCUT2D eigenvalue weighted by atomic mass is 10.0. The first kappa shape index (κ1) is 15.9. The summed E-state index contributed by atoms with van der Waals surface area (Å²) in [5.74, 6) is 0.432. The molecule has 2 heterocycles. The van der Waals surface area contributed by atoms with Crippen LogP contribution in [-0.4, -0.2) is 22.5 Å². The molecule has 0 amide bonds. The second-order valence-corrected chi connectivity index (χ2v) is 6.89. The van der Waals surface area contributed by atoms with Crippen molar-refractivity contribution in [2.24, 2.45) is 0 Å². The predicted octanol–water partition coefficient (Wildman–Crippen LogP) is 4.44. The van der Waals surface area contributed by atoms with E-state index in [0.29, 0.717) is 12.5 Å².